The normalized spacial score (nSPS) is 10.8. The molecule has 0 aliphatic rings. The van der Waals surface area contributed by atoms with E-state index in [-0.39, 0.29) is 0 Å². The van der Waals surface area contributed by atoms with E-state index in [9.17, 15) is 0 Å². The maximum absolute atomic E-state index is 4.01. The highest BCUT2D eigenvalue weighted by atomic mass is 32.2. The van der Waals surface area contributed by atoms with Gasteiger partial charge in [-0.2, -0.15) is 11.8 Å². The molecule has 86 valence electrons. The van der Waals surface area contributed by atoms with Crippen LogP contribution in [0.1, 0.15) is 25.1 Å². The highest BCUT2D eigenvalue weighted by Gasteiger charge is 1.98. The Balaban J connectivity index is 1.96. The smallest absolute Gasteiger partial charge is 0.146 e. The first kappa shape index (κ1) is 12.5. The van der Waals surface area contributed by atoms with Gasteiger partial charge in [0, 0.05) is 7.05 Å². The number of hydrogen-bond acceptors (Lipinski definition) is 4. The van der Waals surface area contributed by atoms with Crippen LogP contribution in [0.4, 0.5) is 0 Å². The van der Waals surface area contributed by atoms with Gasteiger partial charge < -0.3 is 9.88 Å². The minimum absolute atomic E-state index is 0.818. The highest BCUT2D eigenvalue weighted by Crippen LogP contribution is 2.01. The number of nitrogens with zero attached hydrogens (tertiary/aromatic N) is 3. The number of hydrogen-bond donors (Lipinski definition) is 1. The van der Waals surface area contributed by atoms with Crippen LogP contribution in [-0.2, 0) is 13.6 Å². The summed E-state index contributed by atoms with van der Waals surface area (Å²) in [6.07, 6.45) is 7.78. The second-order valence-electron chi connectivity index (χ2n) is 3.59. The van der Waals surface area contributed by atoms with E-state index in [0.717, 1.165) is 18.9 Å². The van der Waals surface area contributed by atoms with Crippen LogP contribution in [0, 0.1) is 0 Å². The van der Waals surface area contributed by atoms with E-state index in [0.29, 0.717) is 0 Å². The van der Waals surface area contributed by atoms with Gasteiger partial charge in [0.15, 0.2) is 0 Å². The molecule has 0 bridgehead atoms. The van der Waals surface area contributed by atoms with Crippen molar-refractivity contribution >= 4 is 11.8 Å². The van der Waals surface area contributed by atoms with Crippen molar-refractivity contribution in [2.24, 2.45) is 7.05 Å². The number of aromatic nitrogens is 3. The molecule has 0 saturated heterocycles. The van der Waals surface area contributed by atoms with E-state index in [4.69, 9.17) is 0 Å². The van der Waals surface area contributed by atoms with Gasteiger partial charge in [-0.05, 0) is 31.4 Å². The van der Waals surface area contributed by atoms with Gasteiger partial charge in [0.05, 0.1) is 6.54 Å². The molecule has 0 unspecified atom stereocenters. The molecule has 0 fully saturated rings. The van der Waals surface area contributed by atoms with Crippen molar-refractivity contribution in [1.82, 2.24) is 20.1 Å². The van der Waals surface area contributed by atoms with E-state index in [2.05, 4.69) is 21.8 Å². The Morgan fingerprint density at radius 3 is 2.93 bits per heavy atom. The van der Waals surface area contributed by atoms with Crippen molar-refractivity contribution in [3.63, 3.8) is 0 Å². The lowest BCUT2D eigenvalue weighted by Gasteiger charge is -2.03. The lowest BCUT2D eigenvalue weighted by atomic mass is 10.2. The van der Waals surface area contributed by atoms with Crippen molar-refractivity contribution in [2.75, 3.05) is 18.6 Å². The van der Waals surface area contributed by atoms with Crippen LogP contribution in [-0.4, -0.2) is 33.3 Å². The van der Waals surface area contributed by atoms with E-state index >= 15 is 0 Å². The van der Waals surface area contributed by atoms with E-state index in [1.54, 1.807) is 6.33 Å². The van der Waals surface area contributed by atoms with Crippen molar-refractivity contribution in [1.29, 1.82) is 0 Å². The molecule has 0 radical (unpaired) electrons. The summed E-state index contributed by atoms with van der Waals surface area (Å²) in [5.41, 5.74) is 0. The second-order valence-corrected chi connectivity index (χ2v) is 4.57. The minimum atomic E-state index is 0.818. The summed E-state index contributed by atoms with van der Waals surface area (Å²) in [5, 5.41) is 11.2. The fourth-order valence-electron chi connectivity index (χ4n) is 1.34. The Labute approximate surface area is 95.9 Å². The van der Waals surface area contributed by atoms with Gasteiger partial charge in [-0.1, -0.05) is 6.42 Å². The standard InChI is InChI=1S/C10H20N4S/c1-14-9-12-13-10(14)8-11-6-4-3-5-7-15-2/h9,11H,3-8H2,1-2H3. The molecule has 0 spiro atoms. The molecule has 1 aromatic heterocycles. The Kier molecular flexibility index (Phi) is 6.43. The molecule has 0 aliphatic heterocycles. The predicted octanol–water partition coefficient (Wildman–Crippen LogP) is 1.44. The second kappa shape index (κ2) is 7.70. The van der Waals surface area contributed by atoms with Crippen molar-refractivity contribution in [3.8, 4) is 0 Å². The van der Waals surface area contributed by atoms with Crippen LogP contribution >= 0.6 is 11.8 Å². The maximum atomic E-state index is 4.01. The Morgan fingerprint density at radius 1 is 1.40 bits per heavy atom. The van der Waals surface area contributed by atoms with Gasteiger partial charge >= 0.3 is 0 Å². The first-order valence-corrected chi connectivity index (χ1v) is 6.76. The van der Waals surface area contributed by atoms with Crippen LogP contribution in [0.5, 0.6) is 0 Å². The Hall–Kier alpha value is -0.550. The van der Waals surface area contributed by atoms with Gasteiger partial charge in [-0.15, -0.1) is 10.2 Å². The number of thioether (sulfide) groups is 1. The first-order chi connectivity index (χ1) is 7.34. The summed E-state index contributed by atoms with van der Waals surface area (Å²) in [6, 6.07) is 0. The van der Waals surface area contributed by atoms with Crippen LogP contribution in [0.2, 0.25) is 0 Å². The number of unbranched alkanes of at least 4 members (excludes halogenated alkanes) is 2. The average molecular weight is 228 g/mol. The number of nitrogens with one attached hydrogen (secondary N) is 1. The molecule has 0 aromatic carbocycles. The molecule has 0 amide bonds. The zero-order valence-corrected chi connectivity index (χ0v) is 10.4. The summed E-state index contributed by atoms with van der Waals surface area (Å²) in [5.74, 6) is 2.28. The van der Waals surface area contributed by atoms with E-state index in [1.807, 2.05) is 23.4 Å². The summed E-state index contributed by atoms with van der Waals surface area (Å²) < 4.78 is 1.95. The lowest BCUT2D eigenvalue weighted by molar-refractivity contribution is 0.592. The first-order valence-electron chi connectivity index (χ1n) is 5.37. The van der Waals surface area contributed by atoms with Crippen LogP contribution < -0.4 is 5.32 Å². The monoisotopic (exact) mass is 228 g/mol. The van der Waals surface area contributed by atoms with Gasteiger partial charge in [0.2, 0.25) is 0 Å². The SMILES string of the molecule is CSCCCCCNCc1nncn1C. The summed E-state index contributed by atoms with van der Waals surface area (Å²) in [6.45, 7) is 1.89. The molecule has 5 heteroatoms. The average Bonchev–Trinajstić information content (AvgIpc) is 2.63. The summed E-state index contributed by atoms with van der Waals surface area (Å²) in [4.78, 5) is 0. The summed E-state index contributed by atoms with van der Waals surface area (Å²) in [7, 11) is 1.97. The third-order valence-corrected chi connectivity index (χ3v) is 2.99. The highest BCUT2D eigenvalue weighted by molar-refractivity contribution is 7.98. The molecule has 15 heavy (non-hydrogen) atoms. The van der Waals surface area contributed by atoms with Crippen molar-refractivity contribution in [3.05, 3.63) is 12.2 Å². The molecular formula is C10H20N4S. The van der Waals surface area contributed by atoms with E-state index < -0.39 is 0 Å². The third-order valence-electron chi connectivity index (χ3n) is 2.29. The fourth-order valence-corrected chi connectivity index (χ4v) is 1.83. The van der Waals surface area contributed by atoms with E-state index in [1.165, 1.54) is 25.0 Å². The predicted molar refractivity (Wildman–Crippen MR) is 64.9 cm³/mol. The molecule has 1 N–H and O–H groups in total. The number of aryl methyl sites for hydroxylation is 1. The van der Waals surface area contributed by atoms with Gasteiger partial charge in [0.1, 0.15) is 12.2 Å². The Bertz CT molecular complexity index is 262. The molecule has 0 aliphatic carbocycles. The fraction of sp³-hybridized carbons (Fsp3) is 0.800. The third kappa shape index (κ3) is 5.18. The van der Waals surface area contributed by atoms with Crippen molar-refractivity contribution < 1.29 is 0 Å². The zero-order chi connectivity index (χ0) is 10.9. The minimum Gasteiger partial charge on any atom is -0.320 e. The van der Waals surface area contributed by atoms with Crippen molar-refractivity contribution in [2.45, 2.75) is 25.8 Å². The molecule has 0 atom stereocenters. The molecule has 1 heterocycles. The summed E-state index contributed by atoms with van der Waals surface area (Å²) >= 11 is 1.92. The molecule has 0 saturated carbocycles. The van der Waals surface area contributed by atoms with Crippen LogP contribution in [0.25, 0.3) is 0 Å². The quantitative estimate of drug-likeness (QED) is 0.684. The maximum Gasteiger partial charge on any atom is 0.146 e. The molecule has 1 aromatic rings. The largest absolute Gasteiger partial charge is 0.320 e. The molecule has 4 nitrogen and oxygen atoms in total. The molecule has 1 rings (SSSR count). The van der Waals surface area contributed by atoms with Crippen LogP contribution in [0.3, 0.4) is 0 Å². The van der Waals surface area contributed by atoms with Crippen LogP contribution in [0.15, 0.2) is 6.33 Å². The molecular weight excluding hydrogens is 208 g/mol. The lowest BCUT2D eigenvalue weighted by Crippen LogP contribution is -2.17. The van der Waals surface area contributed by atoms with Gasteiger partial charge in [-0.25, -0.2) is 0 Å². The number of rotatable bonds is 8. The van der Waals surface area contributed by atoms with Gasteiger partial charge in [-0.3, -0.25) is 0 Å². The van der Waals surface area contributed by atoms with Gasteiger partial charge in [0.25, 0.3) is 0 Å². The zero-order valence-electron chi connectivity index (χ0n) is 9.57. The Morgan fingerprint density at radius 2 is 2.27 bits per heavy atom. The topological polar surface area (TPSA) is 42.7 Å².